The summed E-state index contributed by atoms with van der Waals surface area (Å²) >= 11 is 0. The summed E-state index contributed by atoms with van der Waals surface area (Å²) in [5, 5.41) is 2.62. The lowest BCUT2D eigenvalue weighted by atomic mass is 10.1. The predicted molar refractivity (Wildman–Crippen MR) is 104 cm³/mol. The summed E-state index contributed by atoms with van der Waals surface area (Å²) in [6.07, 6.45) is -0.0120. The average Bonchev–Trinajstić information content (AvgIpc) is 2.66. The molecule has 0 radical (unpaired) electrons. The highest BCUT2D eigenvalue weighted by Gasteiger charge is 2.35. The number of para-hydroxylation sites is 1. The molecule has 0 saturated heterocycles. The first-order chi connectivity index (χ1) is 13.2. The number of rotatable bonds is 4. The molecule has 2 aromatic carbocycles. The average molecular weight is 404 g/mol. The lowest BCUT2D eigenvalue weighted by Crippen LogP contribution is -2.48. The fourth-order valence-electron chi connectivity index (χ4n) is 2.91. The van der Waals surface area contributed by atoms with Crippen LogP contribution in [0.1, 0.15) is 15.9 Å². The Kier molecular flexibility index (Phi) is 5.28. The molecule has 1 N–H and O–H groups in total. The number of hydrogen-bond donors (Lipinski definition) is 1. The van der Waals surface area contributed by atoms with Crippen molar-refractivity contribution in [2.24, 2.45) is 0 Å². The molecule has 0 aliphatic carbocycles. The van der Waals surface area contributed by atoms with Crippen molar-refractivity contribution in [3.63, 3.8) is 0 Å². The Hall–Kier alpha value is -3.07. The molecule has 1 aliphatic rings. The van der Waals surface area contributed by atoms with E-state index in [1.54, 1.807) is 36.4 Å². The number of fused-ring (bicyclic) bond motifs is 1. The molecule has 8 nitrogen and oxygen atoms in total. The van der Waals surface area contributed by atoms with E-state index in [9.17, 15) is 18.0 Å². The molecule has 1 aliphatic heterocycles. The number of methoxy groups -OCH3 is 1. The summed E-state index contributed by atoms with van der Waals surface area (Å²) in [5.74, 6) is -0.876. The van der Waals surface area contributed by atoms with Gasteiger partial charge in [-0.2, -0.15) is 0 Å². The van der Waals surface area contributed by atoms with Crippen LogP contribution in [-0.4, -0.2) is 46.3 Å². The van der Waals surface area contributed by atoms with Crippen LogP contribution in [0.25, 0.3) is 0 Å². The normalized spacial score (nSPS) is 16.0. The molecule has 9 heteroatoms. The van der Waals surface area contributed by atoms with Gasteiger partial charge in [-0.1, -0.05) is 18.2 Å². The molecule has 0 unspecified atom stereocenters. The minimum absolute atomic E-state index is 0.179. The first kappa shape index (κ1) is 19.7. The number of anilines is 2. The second kappa shape index (κ2) is 7.51. The van der Waals surface area contributed by atoms with Gasteiger partial charge in [0.05, 0.1) is 36.8 Å². The topological polar surface area (TPSA) is 102 Å². The molecule has 0 bridgehead atoms. The molecular formula is C19H20N2O6S. The van der Waals surface area contributed by atoms with Crippen molar-refractivity contribution in [1.29, 1.82) is 0 Å². The van der Waals surface area contributed by atoms with Gasteiger partial charge >= 0.3 is 5.97 Å². The van der Waals surface area contributed by atoms with Crippen LogP contribution in [0.4, 0.5) is 11.4 Å². The lowest BCUT2D eigenvalue weighted by Gasteiger charge is -2.34. The van der Waals surface area contributed by atoms with Crippen LogP contribution in [0.2, 0.25) is 0 Å². The van der Waals surface area contributed by atoms with Gasteiger partial charge < -0.3 is 14.8 Å². The maximum atomic E-state index is 12.8. The molecule has 0 saturated carbocycles. The summed E-state index contributed by atoms with van der Waals surface area (Å²) in [4.78, 5) is 24.6. The number of nitrogens with zero attached hydrogens (tertiary/aromatic N) is 1. The molecule has 1 heterocycles. The van der Waals surface area contributed by atoms with E-state index in [4.69, 9.17) is 9.47 Å². The monoisotopic (exact) mass is 404 g/mol. The first-order valence-corrected chi connectivity index (χ1v) is 10.3. The minimum atomic E-state index is -3.62. The zero-order valence-electron chi connectivity index (χ0n) is 15.6. The van der Waals surface area contributed by atoms with Crippen LogP contribution >= 0.6 is 0 Å². The van der Waals surface area contributed by atoms with E-state index < -0.39 is 28.0 Å². The van der Waals surface area contributed by atoms with Gasteiger partial charge in [-0.05, 0) is 36.8 Å². The van der Waals surface area contributed by atoms with Crippen molar-refractivity contribution >= 4 is 33.3 Å². The summed E-state index contributed by atoms with van der Waals surface area (Å²) in [6, 6.07) is 11.5. The van der Waals surface area contributed by atoms with E-state index in [-0.39, 0.29) is 17.8 Å². The largest absolute Gasteiger partial charge is 0.476 e. The van der Waals surface area contributed by atoms with E-state index >= 15 is 0 Å². The van der Waals surface area contributed by atoms with Gasteiger partial charge in [-0.3, -0.25) is 9.10 Å². The number of benzene rings is 2. The molecule has 0 aromatic heterocycles. The standard InChI is InChI=1S/C19H20N2O6S/c1-12-8-9-16-15(10-12)21(28(3,24)25)11-17(27-16)18(22)20-14-7-5-4-6-13(14)19(23)26-2/h4-10,17H,11H2,1-3H3,(H,20,22)/t17-/m0/s1. The predicted octanol–water partition coefficient (Wildman–Crippen LogP) is 1.95. The van der Waals surface area contributed by atoms with Crippen LogP contribution in [-0.2, 0) is 19.6 Å². The van der Waals surface area contributed by atoms with E-state index in [1.807, 2.05) is 6.92 Å². The van der Waals surface area contributed by atoms with Gasteiger partial charge in [0, 0.05) is 0 Å². The molecule has 2 aromatic rings. The van der Waals surface area contributed by atoms with Crippen molar-refractivity contribution in [3.8, 4) is 5.75 Å². The fraction of sp³-hybridized carbons (Fsp3) is 0.263. The third kappa shape index (κ3) is 3.94. The van der Waals surface area contributed by atoms with Crippen LogP contribution in [0.3, 0.4) is 0 Å². The summed E-state index contributed by atoms with van der Waals surface area (Å²) in [7, 11) is -2.38. The summed E-state index contributed by atoms with van der Waals surface area (Å²) in [6.45, 7) is 1.66. The smallest absolute Gasteiger partial charge is 0.339 e. The van der Waals surface area contributed by atoms with Crippen molar-refractivity contribution in [2.75, 3.05) is 29.5 Å². The van der Waals surface area contributed by atoms with Gasteiger partial charge in [0.2, 0.25) is 10.0 Å². The number of ether oxygens (including phenoxy) is 2. The Morgan fingerprint density at radius 3 is 2.61 bits per heavy atom. The maximum absolute atomic E-state index is 12.8. The van der Waals surface area contributed by atoms with Crippen molar-refractivity contribution in [3.05, 3.63) is 53.6 Å². The van der Waals surface area contributed by atoms with Crippen LogP contribution in [0, 0.1) is 6.92 Å². The molecule has 0 fully saturated rings. The zero-order chi connectivity index (χ0) is 20.5. The summed E-state index contributed by atoms with van der Waals surface area (Å²) in [5.41, 5.74) is 1.70. The highest BCUT2D eigenvalue weighted by Crippen LogP contribution is 2.36. The maximum Gasteiger partial charge on any atom is 0.339 e. The van der Waals surface area contributed by atoms with Crippen LogP contribution in [0.5, 0.6) is 5.75 Å². The Morgan fingerprint density at radius 2 is 1.93 bits per heavy atom. The van der Waals surface area contributed by atoms with Gasteiger partial charge in [0.25, 0.3) is 5.91 Å². The quantitative estimate of drug-likeness (QED) is 0.782. The van der Waals surface area contributed by atoms with E-state index in [0.717, 1.165) is 16.1 Å². The third-order valence-electron chi connectivity index (χ3n) is 4.27. The molecule has 148 valence electrons. The molecule has 1 amide bonds. The number of hydrogen-bond acceptors (Lipinski definition) is 6. The van der Waals surface area contributed by atoms with Gasteiger partial charge in [0.15, 0.2) is 6.10 Å². The first-order valence-electron chi connectivity index (χ1n) is 8.44. The second-order valence-corrected chi connectivity index (χ2v) is 8.30. The molecule has 1 atom stereocenters. The molecule has 28 heavy (non-hydrogen) atoms. The number of carbonyl (C=O) groups is 2. The number of aryl methyl sites for hydroxylation is 1. The molecule has 0 spiro atoms. The van der Waals surface area contributed by atoms with E-state index in [1.165, 1.54) is 13.2 Å². The minimum Gasteiger partial charge on any atom is -0.476 e. The number of sulfonamides is 1. The Bertz CT molecular complexity index is 1030. The van der Waals surface area contributed by atoms with Crippen molar-refractivity contribution in [2.45, 2.75) is 13.0 Å². The van der Waals surface area contributed by atoms with Crippen molar-refractivity contribution < 1.29 is 27.5 Å². The number of amides is 1. The lowest BCUT2D eigenvalue weighted by molar-refractivity contribution is -0.122. The zero-order valence-corrected chi connectivity index (χ0v) is 16.4. The number of esters is 1. The Morgan fingerprint density at radius 1 is 1.21 bits per heavy atom. The van der Waals surface area contributed by atoms with Gasteiger partial charge in [-0.15, -0.1) is 0 Å². The Labute approximate surface area is 163 Å². The number of carbonyl (C=O) groups excluding carboxylic acids is 2. The van der Waals surface area contributed by atoms with Gasteiger partial charge in [0.1, 0.15) is 5.75 Å². The van der Waals surface area contributed by atoms with Crippen LogP contribution in [0.15, 0.2) is 42.5 Å². The highest BCUT2D eigenvalue weighted by molar-refractivity contribution is 7.92. The Balaban J connectivity index is 1.90. The second-order valence-electron chi connectivity index (χ2n) is 6.40. The van der Waals surface area contributed by atoms with Crippen LogP contribution < -0.4 is 14.4 Å². The fourth-order valence-corrected chi connectivity index (χ4v) is 3.81. The van der Waals surface area contributed by atoms with E-state index in [0.29, 0.717) is 11.4 Å². The van der Waals surface area contributed by atoms with E-state index in [2.05, 4.69) is 5.32 Å². The third-order valence-corrected chi connectivity index (χ3v) is 5.41. The SMILES string of the molecule is COC(=O)c1ccccc1NC(=O)[C@@H]1CN(S(C)(=O)=O)c2cc(C)ccc2O1. The van der Waals surface area contributed by atoms with Gasteiger partial charge in [-0.25, -0.2) is 13.2 Å². The number of nitrogens with one attached hydrogen (secondary N) is 1. The molecule has 3 rings (SSSR count). The highest BCUT2D eigenvalue weighted by atomic mass is 32.2. The molecular weight excluding hydrogens is 384 g/mol. The van der Waals surface area contributed by atoms with Crippen molar-refractivity contribution in [1.82, 2.24) is 0 Å². The summed E-state index contributed by atoms with van der Waals surface area (Å²) < 4.78 is 36.1.